The lowest BCUT2D eigenvalue weighted by Gasteiger charge is -2.22. The van der Waals surface area contributed by atoms with Gasteiger partial charge in [0, 0.05) is 12.7 Å². The Labute approximate surface area is 92.0 Å². The molecular formula is C10H13N3O3. The maximum absolute atomic E-state index is 11.8. The number of nitrogens with zero attached hydrogens (tertiary/aromatic N) is 1. The first-order valence-corrected chi connectivity index (χ1v) is 5.05. The zero-order valence-corrected chi connectivity index (χ0v) is 8.95. The van der Waals surface area contributed by atoms with Gasteiger partial charge in [-0.1, -0.05) is 0 Å². The number of carbonyl (C=O) groups excluding carboxylic acids is 1. The first-order chi connectivity index (χ1) is 7.59. The van der Waals surface area contributed by atoms with E-state index in [1.54, 1.807) is 0 Å². The van der Waals surface area contributed by atoms with Crippen LogP contribution in [0.15, 0.2) is 16.9 Å². The molecule has 6 heteroatoms. The van der Waals surface area contributed by atoms with E-state index in [2.05, 4.69) is 15.5 Å². The minimum absolute atomic E-state index is 0.202. The van der Waals surface area contributed by atoms with E-state index in [0.29, 0.717) is 13.2 Å². The Morgan fingerprint density at radius 3 is 3.00 bits per heavy atom. The number of nitrogens with one attached hydrogen (secondary N) is 2. The van der Waals surface area contributed by atoms with Gasteiger partial charge >= 0.3 is 0 Å². The molecular weight excluding hydrogens is 210 g/mol. The fourth-order valence-electron chi connectivity index (χ4n) is 1.57. The van der Waals surface area contributed by atoms with Crippen LogP contribution in [0.1, 0.15) is 23.8 Å². The lowest BCUT2D eigenvalue weighted by Crippen LogP contribution is -2.46. The van der Waals surface area contributed by atoms with E-state index in [9.17, 15) is 9.59 Å². The predicted octanol–water partition coefficient (Wildman–Crippen LogP) is -0.321. The monoisotopic (exact) mass is 223 g/mol. The van der Waals surface area contributed by atoms with Gasteiger partial charge in [0.1, 0.15) is 5.69 Å². The Bertz CT molecular complexity index is 428. The normalized spacial score (nSPS) is 24.3. The number of aromatic amines is 1. The van der Waals surface area contributed by atoms with E-state index >= 15 is 0 Å². The maximum atomic E-state index is 11.8. The van der Waals surface area contributed by atoms with Crippen LogP contribution >= 0.6 is 0 Å². The van der Waals surface area contributed by atoms with E-state index in [4.69, 9.17) is 4.74 Å². The molecule has 0 bridgehead atoms. The average Bonchev–Trinajstić information content (AvgIpc) is 2.65. The highest BCUT2D eigenvalue weighted by molar-refractivity contribution is 5.92. The van der Waals surface area contributed by atoms with Gasteiger partial charge in [-0.2, -0.15) is 5.10 Å². The molecule has 1 saturated heterocycles. The zero-order valence-electron chi connectivity index (χ0n) is 8.95. The van der Waals surface area contributed by atoms with Crippen LogP contribution in [0.25, 0.3) is 0 Å². The molecule has 16 heavy (non-hydrogen) atoms. The van der Waals surface area contributed by atoms with Gasteiger partial charge in [0.05, 0.1) is 12.1 Å². The highest BCUT2D eigenvalue weighted by Gasteiger charge is 2.31. The zero-order chi connectivity index (χ0) is 11.6. The number of carbonyl (C=O) groups is 1. The number of rotatable bonds is 2. The second kappa shape index (κ2) is 4.05. The molecule has 1 unspecified atom stereocenters. The molecule has 0 aromatic carbocycles. The summed E-state index contributed by atoms with van der Waals surface area (Å²) in [5.74, 6) is -0.302. The van der Waals surface area contributed by atoms with Crippen LogP contribution in [0.5, 0.6) is 0 Å². The molecule has 86 valence electrons. The first-order valence-electron chi connectivity index (χ1n) is 5.05. The third-order valence-corrected chi connectivity index (χ3v) is 2.55. The standard InChI is InChI=1S/C10H13N3O3/c1-10(4-5-16-6-10)11-9(15)7-2-3-8(14)13-12-7/h2-3H,4-6H2,1H3,(H,11,15)(H,13,14). The molecule has 2 rings (SSSR count). The van der Waals surface area contributed by atoms with Crippen LogP contribution < -0.4 is 10.9 Å². The molecule has 0 radical (unpaired) electrons. The predicted molar refractivity (Wildman–Crippen MR) is 56.2 cm³/mol. The molecule has 1 aliphatic heterocycles. The third kappa shape index (κ3) is 2.27. The van der Waals surface area contributed by atoms with Crippen molar-refractivity contribution in [3.63, 3.8) is 0 Å². The third-order valence-electron chi connectivity index (χ3n) is 2.55. The van der Waals surface area contributed by atoms with Crippen molar-refractivity contribution in [1.82, 2.24) is 15.5 Å². The summed E-state index contributed by atoms with van der Waals surface area (Å²) < 4.78 is 5.22. The SMILES string of the molecule is CC1(NC(=O)c2ccc(=O)[nH]n2)CCOC1. The largest absolute Gasteiger partial charge is 0.379 e. The Morgan fingerprint density at radius 1 is 1.62 bits per heavy atom. The molecule has 1 atom stereocenters. The van der Waals surface area contributed by atoms with E-state index < -0.39 is 0 Å². The second-order valence-electron chi connectivity index (χ2n) is 4.12. The quantitative estimate of drug-likeness (QED) is 0.719. The van der Waals surface area contributed by atoms with Crippen molar-refractivity contribution in [2.75, 3.05) is 13.2 Å². The number of ether oxygens (including phenoxy) is 1. The molecule has 6 nitrogen and oxygen atoms in total. The maximum Gasteiger partial charge on any atom is 0.272 e. The molecule has 0 saturated carbocycles. The highest BCUT2D eigenvalue weighted by atomic mass is 16.5. The number of aromatic nitrogens is 2. The van der Waals surface area contributed by atoms with Gasteiger partial charge in [0.25, 0.3) is 11.5 Å². The van der Waals surface area contributed by atoms with Crippen molar-refractivity contribution in [1.29, 1.82) is 0 Å². The van der Waals surface area contributed by atoms with Crippen molar-refractivity contribution in [2.24, 2.45) is 0 Å². The van der Waals surface area contributed by atoms with E-state index in [1.165, 1.54) is 12.1 Å². The van der Waals surface area contributed by atoms with Crippen LogP contribution in [-0.2, 0) is 4.74 Å². The van der Waals surface area contributed by atoms with Gasteiger partial charge in [0.15, 0.2) is 0 Å². The van der Waals surface area contributed by atoms with E-state index in [1.807, 2.05) is 6.92 Å². The summed E-state index contributed by atoms with van der Waals surface area (Å²) in [4.78, 5) is 22.5. The lowest BCUT2D eigenvalue weighted by molar-refractivity contribution is 0.0883. The highest BCUT2D eigenvalue weighted by Crippen LogP contribution is 2.17. The Balaban J connectivity index is 2.08. The molecule has 0 spiro atoms. The smallest absolute Gasteiger partial charge is 0.272 e. The average molecular weight is 223 g/mol. The van der Waals surface area contributed by atoms with Gasteiger partial charge < -0.3 is 10.1 Å². The minimum Gasteiger partial charge on any atom is -0.379 e. The fraction of sp³-hybridized carbons (Fsp3) is 0.500. The molecule has 1 aliphatic rings. The first kappa shape index (κ1) is 10.8. The number of hydrogen-bond acceptors (Lipinski definition) is 4. The van der Waals surface area contributed by atoms with Gasteiger partial charge in [0.2, 0.25) is 0 Å². The topological polar surface area (TPSA) is 84.1 Å². The van der Waals surface area contributed by atoms with Gasteiger partial charge in [-0.3, -0.25) is 9.59 Å². The van der Waals surface area contributed by atoms with Crippen LogP contribution in [0.4, 0.5) is 0 Å². The van der Waals surface area contributed by atoms with Crippen molar-refractivity contribution in [3.05, 3.63) is 28.2 Å². The summed E-state index contributed by atoms with van der Waals surface area (Å²) >= 11 is 0. The Morgan fingerprint density at radius 2 is 2.44 bits per heavy atom. The molecule has 0 aliphatic carbocycles. The number of hydrogen-bond donors (Lipinski definition) is 2. The molecule has 1 aromatic rings. The van der Waals surface area contributed by atoms with Gasteiger partial charge in [-0.25, -0.2) is 5.10 Å². The summed E-state index contributed by atoms with van der Waals surface area (Å²) in [5, 5.41) is 8.72. The van der Waals surface area contributed by atoms with Crippen molar-refractivity contribution < 1.29 is 9.53 Å². The molecule has 2 heterocycles. The van der Waals surface area contributed by atoms with Crippen molar-refractivity contribution in [3.8, 4) is 0 Å². The van der Waals surface area contributed by atoms with Crippen molar-refractivity contribution >= 4 is 5.91 Å². The van der Waals surface area contributed by atoms with Crippen LogP contribution in [0, 0.1) is 0 Å². The fourth-order valence-corrected chi connectivity index (χ4v) is 1.57. The van der Waals surface area contributed by atoms with E-state index in [-0.39, 0.29) is 22.7 Å². The molecule has 1 aromatic heterocycles. The summed E-state index contributed by atoms with van der Waals surface area (Å²) in [6, 6.07) is 2.67. The van der Waals surface area contributed by atoms with E-state index in [0.717, 1.165) is 6.42 Å². The van der Waals surface area contributed by atoms with Crippen LogP contribution in [0.2, 0.25) is 0 Å². The summed E-state index contributed by atoms with van der Waals surface area (Å²) in [7, 11) is 0. The second-order valence-corrected chi connectivity index (χ2v) is 4.12. The summed E-state index contributed by atoms with van der Waals surface area (Å²) in [6.07, 6.45) is 0.780. The Kier molecular flexibility index (Phi) is 2.74. The molecule has 1 fully saturated rings. The lowest BCUT2D eigenvalue weighted by atomic mass is 10.0. The summed E-state index contributed by atoms with van der Waals surface area (Å²) in [6.45, 7) is 3.07. The summed E-state index contributed by atoms with van der Waals surface area (Å²) in [5.41, 5.74) is -0.464. The van der Waals surface area contributed by atoms with Crippen LogP contribution in [0.3, 0.4) is 0 Å². The number of H-pyrrole nitrogens is 1. The van der Waals surface area contributed by atoms with Crippen LogP contribution in [-0.4, -0.2) is 34.9 Å². The molecule has 2 N–H and O–H groups in total. The minimum atomic E-state index is -0.338. The number of amides is 1. The Hall–Kier alpha value is -1.69. The van der Waals surface area contributed by atoms with Crippen molar-refractivity contribution in [2.45, 2.75) is 18.9 Å². The van der Waals surface area contributed by atoms with Gasteiger partial charge in [-0.05, 0) is 19.4 Å². The van der Waals surface area contributed by atoms with Gasteiger partial charge in [-0.15, -0.1) is 0 Å². The molecule has 1 amide bonds.